The van der Waals surface area contributed by atoms with Crippen molar-refractivity contribution in [2.45, 2.75) is 47.1 Å². The zero-order chi connectivity index (χ0) is 24.8. The smallest absolute Gasteiger partial charge is 0.428 e. The fourth-order valence-corrected chi connectivity index (χ4v) is 2.23. The highest BCUT2D eigenvalue weighted by Gasteiger charge is 2.27. The second kappa shape index (κ2) is 10.2. The quantitative estimate of drug-likeness (QED) is 0.208. The lowest BCUT2D eigenvalue weighted by molar-refractivity contribution is -0.187. The van der Waals surface area contributed by atoms with Crippen molar-refractivity contribution in [2.24, 2.45) is 5.41 Å². The van der Waals surface area contributed by atoms with Crippen molar-refractivity contribution in [2.75, 3.05) is 0 Å². The molecule has 9 heteroatoms. The molecule has 0 N–H and O–H groups in total. The van der Waals surface area contributed by atoms with Crippen LogP contribution in [-0.2, 0) is 19.3 Å². The summed E-state index contributed by atoms with van der Waals surface area (Å²) in [7, 11) is 0. The summed E-state index contributed by atoms with van der Waals surface area (Å²) in [6.45, 7) is 9.96. The first-order valence-electron chi connectivity index (χ1n) is 10.0. The Kier molecular flexibility index (Phi) is 7.81. The molecule has 0 radical (unpaired) electrons. The van der Waals surface area contributed by atoms with Crippen molar-refractivity contribution in [1.82, 2.24) is 0 Å². The van der Waals surface area contributed by atoms with Gasteiger partial charge in [0.1, 0.15) is 28.2 Å². The third-order valence-electron chi connectivity index (χ3n) is 3.80. The Hall–Kier alpha value is -3.88. The van der Waals surface area contributed by atoms with Crippen LogP contribution in [0.3, 0.4) is 0 Å². The van der Waals surface area contributed by atoms with Crippen molar-refractivity contribution in [3.63, 3.8) is 0 Å². The maximum absolute atomic E-state index is 12.5. The van der Waals surface area contributed by atoms with Gasteiger partial charge < -0.3 is 14.2 Å². The van der Waals surface area contributed by atoms with Crippen molar-refractivity contribution >= 4 is 24.1 Å². The van der Waals surface area contributed by atoms with Crippen LogP contribution in [0.15, 0.2) is 48.5 Å². The van der Waals surface area contributed by atoms with Crippen molar-refractivity contribution in [1.29, 1.82) is 0 Å². The van der Waals surface area contributed by atoms with Crippen LogP contribution in [0.2, 0.25) is 0 Å². The molecule has 2 aromatic carbocycles. The van der Waals surface area contributed by atoms with Crippen molar-refractivity contribution in [3.8, 4) is 11.5 Å². The highest BCUT2D eigenvalue weighted by Crippen LogP contribution is 2.25. The molecule has 0 amide bonds. The molecule has 0 heterocycles. The van der Waals surface area contributed by atoms with Crippen LogP contribution in [0.5, 0.6) is 11.5 Å². The normalized spacial score (nSPS) is 11.2. The number of hydrogen-bond donors (Lipinski definition) is 0. The summed E-state index contributed by atoms with van der Waals surface area (Å²) in [4.78, 5) is 58.3. The summed E-state index contributed by atoms with van der Waals surface area (Å²) in [6, 6.07) is 11.5. The van der Waals surface area contributed by atoms with Gasteiger partial charge in [0.2, 0.25) is 0 Å². The molecule has 0 aliphatic rings. The summed E-state index contributed by atoms with van der Waals surface area (Å²) in [5, 5.41) is 0. The van der Waals surface area contributed by atoms with Gasteiger partial charge in [0, 0.05) is 0 Å². The highest BCUT2D eigenvalue weighted by molar-refractivity contribution is 5.96. The maximum atomic E-state index is 12.5. The van der Waals surface area contributed by atoms with E-state index >= 15 is 0 Å². The third-order valence-corrected chi connectivity index (χ3v) is 3.80. The molecule has 0 fully saturated rings. The van der Waals surface area contributed by atoms with E-state index in [0.717, 1.165) is 0 Å². The van der Waals surface area contributed by atoms with E-state index in [2.05, 4.69) is 9.78 Å². The van der Waals surface area contributed by atoms with Gasteiger partial charge in [-0.05, 0) is 65.8 Å². The minimum Gasteiger partial charge on any atom is -0.428 e. The zero-order valence-electron chi connectivity index (χ0n) is 19.3. The van der Waals surface area contributed by atoms with E-state index in [1.807, 2.05) is 0 Å². The van der Waals surface area contributed by atoms with E-state index in [-0.39, 0.29) is 22.6 Å². The van der Waals surface area contributed by atoms with Gasteiger partial charge in [0.05, 0.1) is 5.41 Å². The van der Waals surface area contributed by atoms with E-state index in [4.69, 9.17) is 14.2 Å². The molecule has 9 nitrogen and oxygen atoms in total. The topological polar surface area (TPSA) is 114 Å². The van der Waals surface area contributed by atoms with Crippen LogP contribution >= 0.6 is 0 Å². The van der Waals surface area contributed by atoms with Gasteiger partial charge in [0.25, 0.3) is 0 Å². The molecular formula is C24H26O9. The average Bonchev–Trinajstić information content (AvgIpc) is 2.70. The first-order valence-corrected chi connectivity index (χ1v) is 10.0. The average molecular weight is 458 g/mol. The fourth-order valence-electron chi connectivity index (χ4n) is 2.23. The SMILES string of the molecule is CC(C)(C)OC(=O)Oc1ccccc1C(=O)OOC(=O)c1ccccc1OC(=O)C(C)(C)C. The Bertz CT molecular complexity index is 1040. The number of carbonyl (C=O) groups excluding carboxylic acids is 4. The predicted octanol–water partition coefficient (Wildman–Crippen LogP) is 4.88. The lowest BCUT2D eigenvalue weighted by atomic mass is 9.97. The molecule has 0 atom stereocenters. The van der Waals surface area contributed by atoms with Crippen LogP contribution in [-0.4, -0.2) is 29.7 Å². The number of hydrogen-bond acceptors (Lipinski definition) is 9. The fraction of sp³-hybridized carbons (Fsp3) is 0.333. The molecule has 0 spiro atoms. The minimum atomic E-state index is -1.09. The molecule has 0 aromatic heterocycles. The molecule has 33 heavy (non-hydrogen) atoms. The molecule has 0 saturated heterocycles. The predicted molar refractivity (Wildman–Crippen MR) is 116 cm³/mol. The first-order chi connectivity index (χ1) is 15.3. The second-order valence-corrected chi connectivity index (χ2v) is 8.94. The summed E-state index contributed by atoms with van der Waals surface area (Å²) in [5.74, 6) is -2.91. The van der Waals surface area contributed by atoms with Crippen LogP contribution < -0.4 is 9.47 Å². The van der Waals surface area contributed by atoms with Crippen molar-refractivity contribution in [3.05, 3.63) is 59.7 Å². The van der Waals surface area contributed by atoms with Gasteiger partial charge in [-0.1, -0.05) is 24.3 Å². The molecule has 0 unspecified atom stereocenters. The van der Waals surface area contributed by atoms with E-state index < -0.39 is 35.1 Å². The van der Waals surface area contributed by atoms with Gasteiger partial charge in [-0.3, -0.25) is 4.79 Å². The zero-order valence-corrected chi connectivity index (χ0v) is 19.3. The molecule has 2 aromatic rings. The molecule has 0 bridgehead atoms. The number of rotatable bonds is 4. The Labute approximate surface area is 191 Å². The summed E-state index contributed by atoms with van der Waals surface area (Å²) in [6.07, 6.45) is -1.02. The largest absolute Gasteiger partial charge is 0.514 e. The van der Waals surface area contributed by atoms with Gasteiger partial charge in [-0.15, -0.1) is 0 Å². The Morgan fingerprint density at radius 1 is 0.636 bits per heavy atom. The molecule has 2 rings (SSSR count). The van der Waals surface area contributed by atoms with Gasteiger partial charge in [-0.25, -0.2) is 24.2 Å². The number of para-hydroxylation sites is 2. The Morgan fingerprint density at radius 2 is 1.06 bits per heavy atom. The van der Waals surface area contributed by atoms with Gasteiger partial charge in [-0.2, -0.15) is 0 Å². The maximum Gasteiger partial charge on any atom is 0.514 e. The standard InChI is InChI=1S/C24H26O9/c1-23(2,3)21(27)29-17-13-9-7-11-15(17)19(25)32-33-20(26)16-12-8-10-14-18(16)30-22(28)31-24(4,5)6/h7-14H,1-6H3. The van der Waals surface area contributed by atoms with E-state index in [1.165, 1.54) is 42.5 Å². The van der Waals surface area contributed by atoms with Crippen molar-refractivity contribution < 1.29 is 43.2 Å². The lowest BCUT2D eigenvalue weighted by Crippen LogP contribution is -2.26. The van der Waals surface area contributed by atoms with Gasteiger partial charge >= 0.3 is 24.1 Å². The van der Waals surface area contributed by atoms with Crippen LogP contribution in [0.25, 0.3) is 0 Å². The molecule has 0 aliphatic carbocycles. The molecule has 0 saturated carbocycles. The summed E-state index contributed by atoms with van der Waals surface area (Å²) < 4.78 is 15.4. The number of carbonyl (C=O) groups is 4. The second-order valence-electron chi connectivity index (χ2n) is 8.94. The summed E-state index contributed by atoms with van der Waals surface area (Å²) >= 11 is 0. The van der Waals surface area contributed by atoms with E-state index in [9.17, 15) is 19.2 Å². The minimum absolute atomic E-state index is 0.0490. The van der Waals surface area contributed by atoms with E-state index in [1.54, 1.807) is 47.6 Å². The Balaban J connectivity index is 2.10. The van der Waals surface area contributed by atoms with Gasteiger partial charge in [0.15, 0.2) is 0 Å². The number of ether oxygens (including phenoxy) is 3. The van der Waals surface area contributed by atoms with E-state index in [0.29, 0.717) is 0 Å². The molecular weight excluding hydrogens is 432 g/mol. The third kappa shape index (κ3) is 7.64. The van der Waals surface area contributed by atoms with Crippen LogP contribution in [0, 0.1) is 5.41 Å². The monoisotopic (exact) mass is 458 g/mol. The molecule has 176 valence electrons. The lowest BCUT2D eigenvalue weighted by Gasteiger charge is -2.19. The highest BCUT2D eigenvalue weighted by atomic mass is 17.2. The van der Waals surface area contributed by atoms with Crippen LogP contribution in [0.4, 0.5) is 4.79 Å². The Morgan fingerprint density at radius 3 is 1.48 bits per heavy atom. The first kappa shape index (κ1) is 25.4. The summed E-state index contributed by atoms with van der Waals surface area (Å²) in [5.41, 5.74) is -1.91. The number of esters is 1. The molecule has 0 aliphatic heterocycles. The number of benzene rings is 2. The van der Waals surface area contributed by atoms with Crippen LogP contribution in [0.1, 0.15) is 62.3 Å².